The molecule has 4 heterocycles. The van der Waals surface area contributed by atoms with Crippen LogP contribution in [0.4, 0.5) is 0 Å². The average Bonchev–Trinajstić information content (AvgIpc) is 3.42. The van der Waals surface area contributed by atoms with Crippen LogP contribution < -0.4 is 10.6 Å². The maximum absolute atomic E-state index is 14.4. The Bertz CT molecular complexity index is 988. The van der Waals surface area contributed by atoms with Gasteiger partial charge < -0.3 is 15.5 Å². The molecule has 2 fully saturated rings. The third-order valence-corrected chi connectivity index (χ3v) is 10.1. The summed E-state index contributed by atoms with van der Waals surface area (Å²) < 4.78 is 0. The van der Waals surface area contributed by atoms with E-state index >= 15 is 0 Å². The van der Waals surface area contributed by atoms with Crippen LogP contribution in [0, 0.1) is 18.8 Å². The minimum Gasteiger partial charge on any atom is -0.339 e. The molecule has 3 aliphatic rings. The summed E-state index contributed by atoms with van der Waals surface area (Å²) in [6.45, 7) is 11.0. The highest BCUT2D eigenvalue weighted by Gasteiger charge is 2.53. The van der Waals surface area contributed by atoms with E-state index in [-0.39, 0.29) is 11.3 Å². The zero-order valence-corrected chi connectivity index (χ0v) is 21.8. The van der Waals surface area contributed by atoms with Gasteiger partial charge in [-0.05, 0) is 50.1 Å². The van der Waals surface area contributed by atoms with Gasteiger partial charge in [0.15, 0.2) is 0 Å². The third-order valence-electron chi connectivity index (χ3n) is 8.84. The summed E-state index contributed by atoms with van der Waals surface area (Å²) in [5, 5.41) is 8.32. The molecule has 2 N–H and O–H groups in total. The van der Waals surface area contributed by atoms with Gasteiger partial charge in [-0.2, -0.15) is 0 Å². The van der Waals surface area contributed by atoms with Crippen LogP contribution in [0.5, 0.6) is 0 Å². The van der Waals surface area contributed by atoms with E-state index in [9.17, 15) is 4.79 Å². The summed E-state index contributed by atoms with van der Waals surface area (Å²) in [5.41, 5.74) is 2.47. The van der Waals surface area contributed by atoms with Gasteiger partial charge in [0, 0.05) is 42.5 Å². The molecule has 1 spiro atoms. The van der Waals surface area contributed by atoms with Gasteiger partial charge >= 0.3 is 0 Å². The molecule has 0 aliphatic carbocycles. The molecular weight excluding hydrogens is 440 g/mol. The van der Waals surface area contributed by atoms with Crippen LogP contribution >= 0.6 is 11.3 Å². The van der Waals surface area contributed by atoms with Crippen molar-refractivity contribution in [2.75, 3.05) is 26.2 Å². The van der Waals surface area contributed by atoms with Crippen LogP contribution in [-0.2, 0) is 16.8 Å². The van der Waals surface area contributed by atoms with Crippen molar-refractivity contribution in [3.05, 3.63) is 51.5 Å². The highest BCUT2D eigenvalue weighted by Crippen LogP contribution is 2.46. The first-order chi connectivity index (χ1) is 16.6. The number of likely N-dealkylation sites (tertiary alicyclic amines) is 1. The average molecular weight is 481 g/mol. The van der Waals surface area contributed by atoms with Gasteiger partial charge in [-0.3, -0.25) is 4.79 Å². The summed E-state index contributed by atoms with van der Waals surface area (Å²) in [6.07, 6.45) is 5.40. The number of rotatable bonds is 5. The molecule has 0 bridgehead atoms. The smallest absolute Gasteiger partial charge is 0.228 e. The highest BCUT2D eigenvalue weighted by atomic mass is 32.1. The predicted octanol–water partition coefficient (Wildman–Crippen LogP) is 4.61. The summed E-state index contributed by atoms with van der Waals surface area (Å²) in [4.78, 5) is 23.0. The number of carbonyl (C=O) groups is 1. The lowest BCUT2D eigenvalue weighted by atomic mass is 9.72. The van der Waals surface area contributed by atoms with Gasteiger partial charge in [-0.1, -0.05) is 57.0 Å². The predicted molar refractivity (Wildman–Crippen MR) is 139 cm³/mol. The molecule has 3 aliphatic heterocycles. The number of nitrogens with one attached hydrogen (secondary N) is 2. The molecule has 4 atom stereocenters. The lowest BCUT2D eigenvalue weighted by molar-refractivity contribution is -0.142. The Labute approximate surface area is 208 Å². The summed E-state index contributed by atoms with van der Waals surface area (Å²) in [5.74, 6) is 1.48. The number of benzene rings is 1. The van der Waals surface area contributed by atoms with E-state index < -0.39 is 0 Å². The van der Waals surface area contributed by atoms with Crippen molar-refractivity contribution in [3.63, 3.8) is 0 Å². The molecular formula is C28H40N4OS. The quantitative estimate of drug-likeness (QED) is 0.656. The van der Waals surface area contributed by atoms with Gasteiger partial charge in [0.2, 0.25) is 5.91 Å². The molecule has 6 heteroatoms. The molecule has 1 aromatic heterocycles. The number of carbonyl (C=O) groups excluding carboxylic acids is 1. The van der Waals surface area contributed by atoms with E-state index in [0.29, 0.717) is 23.8 Å². The molecule has 1 amide bonds. The summed E-state index contributed by atoms with van der Waals surface area (Å²) in [6, 6.07) is 11.3. The number of aromatic nitrogens is 1. The van der Waals surface area contributed by atoms with Gasteiger partial charge in [0.1, 0.15) is 0 Å². The van der Waals surface area contributed by atoms with Crippen molar-refractivity contribution in [3.8, 4) is 0 Å². The standard InChI is InChI=1S/C28H40N4OS/c1-4-20(5-2)25-15-22(21-9-7-6-8-10-21)11-14-32(25)27(33)23-16-30-18-28(23)12-13-29-17-24-26(28)34-19(3)31-24/h6-10,20,22-23,25,29-30H,4-5,11-18H2,1-3H3/t22-,23-,25+,28-/m1/s1. The zero-order valence-electron chi connectivity index (χ0n) is 21.0. The van der Waals surface area contributed by atoms with Gasteiger partial charge in [-0.15, -0.1) is 11.3 Å². The lowest BCUT2D eigenvalue weighted by Crippen LogP contribution is -2.54. The minimum atomic E-state index is -0.128. The fourth-order valence-electron chi connectivity index (χ4n) is 6.97. The zero-order chi connectivity index (χ0) is 23.7. The van der Waals surface area contributed by atoms with Gasteiger partial charge in [0.25, 0.3) is 0 Å². The van der Waals surface area contributed by atoms with E-state index in [0.717, 1.165) is 69.8 Å². The number of hydrogen-bond acceptors (Lipinski definition) is 5. The highest BCUT2D eigenvalue weighted by molar-refractivity contribution is 7.11. The molecule has 5 rings (SSSR count). The van der Waals surface area contributed by atoms with Crippen molar-refractivity contribution >= 4 is 17.2 Å². The van der Waals surface area contributed by atoms with Crippen molar-refractivity contribution in [1.82, 2.24) is 20.5 Å². The van der Waals surface area contributed by atoms with Crippen LogP contribution in [0.15, 0.2) is 30.3 Å². The van der Waals surface area contributed by atoms with Gasteiger partial charge in [0.05, 0.1) is 16.6 Å². The first-order valence-corrected chi connectivity index (χ1v) is 14.1. The maximum Gasteiger partial charge on any atom is 0.228 e. The second-order valence-corrected chi connectivity index (χ2v) is 11.8. The Morgan fingerprint density at radius 1 is 1.24 bits per heavy atom. The Kier molecular flexibility index (Phi) is 7.10. The second kappa shape index (κ2) is 10.1. The van der Waals surface area contributed by atoms with Crippen molar-refractivity contribution in [1.29, 1.82) is 0 Å². The Morgan fingerprint density at radius 2 is 2.03 bits per heavy atom. The lowest BCUT2D eigenvalue weighted by Gasteiger charge is -2.46. The van der Waals surface area contributed by atoms with Gasteiger partial charge in [-0.25, -0.2) is 4.98 Å². The monoisotopic (exact) mass is 480 g/mol. The number of amides is 1. The van der Waals surface area contributed by atoms with E-state index in [4.69, 9.17) is 4.98 Å². The molecule has 184 valence electrons. The summed E-state index contributed by atoms with van der Waals surface area (Å²) >= 11 is 1.82. The second-order valence-electron chi connectivity index (χ2n) is 10.6. The fraction of sp³-hybridized carbons (Fsp3) is 0.643. The van der Waals surface area contributed by atoms with Crippen LogP contribution in [0.1, 0.15) is 73.0 Å². The molecule has 34 heavy (non-hydrogen) atoms. The van der Waals surface area contributed by atoms with Crippen LogP contribution in [-0.4, -0.2) is 48.0 Å². The number of piperidine rings is 1. The van der Waals surface area contributed by atoms with Crippen LogP contribution in [0.25, 0.3) is 0 Å². The first kappa shape index (κ1) is 24.0. The number of fused-ring (bicyclic) bond motifs is 2. The number of thiazole rings is 1. The van der Waals surface area contributed by atoms with E-state index in [1.54, 1.807) is 0 Å². The Balaban J connectivity index is 1.45. The number of nitrogens with zero attached hydrogens (tertiary/aromatic N) is 2. The normalized spacial score (nSPS) is 29.4. The first-order valence-electron chi connectivity index (χ1n) is 13.3. The Hall–Kier alpha value is -1.76. The molecule has 5 nitrogen and oxygen atoms in total. The van der Waals surface area contributed by atoms with E-state index in [1.165, 1.54) is 16.1 Å². The number of hydrogen-bond donors (Lipinski definition) is 2. The molecule has 2 aromatic rings. The topological polar surface area (TPSA) is 57.3 Å². The minimum absolute atomic E-state index is 0.00358. The largest absolute Gasteiger partial charge is 0.339 e. The molecule has 0 unspecified atom stereocenters. The fourth-order valence-corrected chi connectivity index (χ4v) is 8.18. The molecule has 2 saturated heterocycles. The molecule has 0 radical (unpaired) electrons. The summed E-state index contributed by atoms with van der Waals surface area (Å²) in [7, 11) is 0. The van der Waals surface area contributed by atoms with Crippen LogP contribution in [0.2, 0.25) is 0 Å². The Morgan fingerprint density at radius 3 is 2.79 bits per heavy atom. The van der Waals surface area contributed by atoms with Crippen molar-refractivity contribution in [2.45, 2.75) is 76.8 Å². The van der Waals surface area contributed by atoms with E-state index in [2.05, 4.69) is 66.6 Å². The van der Waals surface area contributed by atoms with E-state index in [1.807, 2.05) is 11.3 Å². The van der Waals surface area contributed by atoms with Crippen molar-refractivity contribution < 1.29 is 4.79 Å². The molecule has 1 aromatic carbocycles. The molecule has 0 saturated carbocycles. The van der Waals surface area contributed by atoms with Crippen LogP contribution in [0.3, 0.4) is 0 Å². The number of aryl methyl sites for hydroxylation is 1. The maximum atomic E-state index is 14.4. The third kappa shape index (κ3) is 4.22. The SMILES string of the molecule is CCC(CC)[C@@H]1C[C@H](c2ccccc2)CCN1C(=O)[C@H]1CNC[C@]12CCNCc1nc(C)sc12. The van der Waals surface area contributed by atoms with Crippen molar-refractivity contribution in [2.24, 2.45) is 11.8 Å².